The van der Waals surface area contributed by atoms with Gasteiger partial charge in [0, 0.05) is 6.42 Å². The molecule has 1 saturated heterocycles. The quantitative estimate of drug-likeness (QED) is 0.152. The van der Waals surface area contributed by atoms with Gasteiger partial charge in [-0.05, 0) is 22.3 Å². The van der Waals surface area contributed by atoms with E-state index in [-0.39, 0.29) is 39.3 Å². The number of methoxy groups -OCH3 is 1. The first kappa shape index (κ1) is 33.5. The van der Waals surface area contributed by atoms with Gasteiger partial charge in [0.1, 0.15) is 24.4 Å². The van der Waals surface area contributed by atoms with Crippen molar-refractivity contribution < 1.29 is 38.3 Å². The van der Waals surface area contributed by atoms with Crippen LogP contribution in [0.25, 0.3) is 0 Å². The molecule has 1 aliphatic rings. The summed E-state index contributed by atoms with van der Waals surface area (Å²) < 4.78 is 37.3. The Morgan fingerprint density at radius 3 is 1.57 bits per heavy atom. The topological polar surface area (TPSA) is 92.7 Å². The fourth-order valence-corrected chi connectivity index (χ4v) is 5.52. The lowest BCUT2D eigenvalue weighted by molar-refractivity contribution is -0.372. The molecule has 0 aromatic heterocycles. The standard InChI is InChI=1S/C38H42O8/c1-41-34(39)22-23-38(40)37(45-27-32-20-12-5-13-21-32)36(44-26-31-18-10-4-11-19-31)35(43-25-30-16-8-3-9-17-30)33(46-38)28-42-24-29-14-6-2-7-15-29/h2-21,33,35-37,40H,22-28H2,1H3/t33-,35-,36+,37-,38+/m1/s1. The predicted molar refractivity (Wildman–Crippen MR) is 172 cm³/mol. The Morgan fingerprint density at radius 2 is 1.09 bits per heavy atom. The van der Waals surface area contributed by atoms with E-state index < -0.39 is 36.2 Å². The van der Waals surface area contributed by atoms with Crippen LogP contribution in [0.5, 0.6) is 0 Å². The zero-order valence-electron chi connectivity index (χ0n) is 26.1. The Kier molecular flexibility index (Phi) is 12.5. The van der Waals surface area contributed by atoms with Crippen molar-refractivity contribution in [2.75, 3.05) is 13.7 Å². The number of rotatable bonds is 16. The number of esters is 1. The first-order valence-electron chi connectivity index (χ1n) is 15.6. The van der Waals surface area contributed by atoms with Crippen molar-refractivity contribution in [2.24, 2.45) is 0 Å². The molecule has 242 valence electrons. The van der Waals surface area contributed by atoms with Crippen LogP contribution in [-0.4, -0.2) is 55.0 Å². The molecule has 5 atom stereocenters. The monoisotopic (exact) mass is 626 g/mol. The number of carbonyl (C=O) groups is 1. The molecule has 0 unspecified atom stereocenters. The van der Waals surface area contributed by atoms with E-state index >= 15 is 0 Å². The summed E-state index contributed by atoms with van der Waals surface area (Å²) in [6.45, 7) is 1.15. The third-order valence-corrected chi connectivity index (χ3v) is 7.94. The zero-order valence-corrected chi connectivity index (χ0v) is 26.1. The van der Waals surface area contributed by atoms with Crippen LogP contribution in [0.3, 0.4) is 0 Å². The second kappa shape index (κ2) is 17.1. The summed E-state index contributed by atoms with van der Waals surface area (Å²) in [5.74, 6) is -2.39. The van der Waals surface area contributed by atoms with Crippen LogP contribution in [0.2, 0.25) is 0 Å². The Bertz CT molecular complexity index is 1440. The molecule has 1 heterocycles. The van der Waals surface area contributed by atoms with Crippen LogP contribution >= 0.6 is 0 Å². The Labute approximate surface area is 270 Å². The van der Waals surface area contributed by atoms with Crippen LogP contribution in [0.15, 0.2) is 121 Å². The highest BCUT2D eigenvalue weighted by Gasteiger charge is 2.56. The lowest BCUT2D eigenvalue weighted by Crippen LogP contribution is -2.67. The molecule has 8 nitrogen and oxygen atoms in total. The molecular weight excluding hydrogens is 584 g/mol. The van der Waals surface area contributed by atoms with Gasteiger partial charge in [-0.3, -0.25) is 4.79 Å². The molecule has 0 radical (unpaired) electrons. The predicted octanol–water partition coefficient (Wildman–Crippen LogP) is 6.00. The van der Waals surface area contributed by atoms with Gasteiger partial charge in [0.05, 0.1) is 46.6 Å². The van der Waals surface area contributed by atoms with E-state index in [0.717, 1.165) is 22.3 Å². The molecule has 1 N–H and O–H groups in total. The van der Waals surface area contributed by atoms with E-state index in [0.29, 0.717) is 6.61 Å². The molecule has 4 aromatic carbocycles. The van der Waals surface area contributed by atoms with E-state index in [2.05, 4.69) is 0 Å². The molecule has 1 aliphatic heterocycles. The number of aliphatic hydroxyl groups is 1. The van der Waals surface area contributed by atoms with Crippen LogP contribution in [0.4, 0.5) is 0 Å². The fraction of sp³-hybridized carbons (Fsp3) is 0.342. The van der Waals surface area contributed by atoms with Gasteiger partial charge in [0.25, 0.3) is 0 Å². The van der Waals surface area contributed by atoms with Gasteiger partial charge >= 0.3 is 5.97 Å². The third kappa shape index (κ3) is 9.56. The summed E-state index contributed by atoms with van der Waals surface area (Å²) >= 11 is 0. The van der Waals surface area contributed by atoms with Crippen LogP contribution < -0.4 is 0 Å². The van der Waals surface area contributed by atoms with E-state index in [1.165, 1.54) is 7.11 Å². The van der Waals surface area contributed by atoms with Gasteiger partial charge in [-0.15, -0.1) is 0 Å². The van der Waals surface area contributed by atoms with Crippen molar-refractivity contribution in [1.29, 1.82) is 0 Å². The number of benzene rings is 4. The van der Waals surface area contributed by atoms with Gasteiger partial charge in [-0.1, -0.05) is 121 Å². The number of hydrogen-bond donors (Lipinski definition) is 1. The lowest BCUT2D eigenvalue weighted by Gasteiger charge is -2.50. The van der Waals surface area contributed by atoms with Gasteiger partial charge < -0.3 is 33.5 Å². The molecule has 0 amide bonds. The summed E-state index contributed by atoms with van der Waals surface area (Å²) in [6, 6.07) is 39.1. The number of carbonyl (C=O) groups excluding carboxylic acids is 1. The number of hydrogen-bond acceptors (Lipinski definition) is 8. The van der Waals surface area contributed by atoms with Crippen molar-refractivity contribution in [3.8, 4) is 0 Å². The summed E-state index contributed by atoms with van der Waals surface area (Å²) in [7, 11) is 1.32. The fourth-order valence-electron chi connectivity index (χ4n) is 5.52. The first-order valence-corrected chi connectivity index (χ1v) is 15.6. The minimum absolute atomic E-state index is 0.0785. The average molecular weight is 627 g/mol. The molecule has 0 aliphatic carbocycles. The largest absolute Gasteiger partial charge is 0.469 e. The van der Waals surface area contributed by atoms with Gasteiger partial charge in [-0.2, -0.15) is 0 Å². The maximum atomic E-state index is 12.3. The normalized spacial score (nSPS) is 22.7. The molecule has 4 aromatic rings. The highest BCUT2D eigenvalue weighted by Crippen LogP contribution is 2.38. The molecule has 1 fully saturated rings. The second-order valence-corrected chi connectivity index (χ2v) is 11.3. The van der Waals surface area contributed by atoms with Gasteiger partial charge in [-0.25, -0.2) is 0 Å². The molecule has 0 bridgehead atoms. The molecule has 0 spiro atoms. The SMILES string of the molecule is COC(=O)CC[C@]1(O)O[C@H](COCc2ccccc2)[C@@H](OCc2ccccc2)[C@H](OCc2ccccc2)[C@H]1OCc1ccccc1. The summed E-state index contributed by atoms with van der Waals surface area (Å²) in [4.78, 5) is 12.3. The molecule has 8 heteroatoms. The van der Waals surface area contributed by atoms with Gasteiger partial charge in [0.15, 0.2) is 5.79 Å². The Morgan fingerprint density at radius 1 is 0.652 bits per heavy atom. The van der Waals surface area contributed by atoms with E-state index in [9.17, 15) is 9.90 Å². The minimum Gasteiger partial charge on any atom is -0.469 e. The average Bonchev–Trinajstić information content (AvgIpc) is 3.10. The minimum atomic E-state index is -1.92. The van der Waals surface area contributed by atoms with E-state index in [1.807, 2.05) is 121 Å². The van der Waals surface area contributed by atoms with Crippen molar-refractivity contribution in [3.63, 3.8) is 0 Å². The third-order valence-electron chi connectivity index (χ3n) is 7.94. The smallest absolute Gasteiger partial charge is 0.305 e. The molecule has 46 heavy (non-hydrogen) atoms. The maximum Gasteiger partial charge on any atom is 0.305 e. The number of ether oxygens (including phenoxy) is 6. The van der Waals surface area contributed by atoms with Crippen molar-refractivity contribution in [3.05, 3.63) is 144 Å². The van der Waals surface area contributed by atoms with Crippen molar-refractivity contribution in [2.45, 2.75) is 69.5 Å². The molecular formula is C38H42O8. The van der Waals surface area contributed by atoms with Crippen molar-refractivity contribution in [1.82, 2.24) is 0 Å². The Hall–Kier alpha value is -3.89. The highest BCUT2D eigenvalue weighted by atomic mass is 16.7. The summed E-state index contributed by atoms with van der Waals surface area (Å²) in [6.07, 6.45) is -3.44. The maximum absolute atomic E-state index is 12.3. The second-order valence-electron chi connectivity index (χ2n) is 11.3. The summed E-state index contributed by atoms with van der Waals surface area (Å²) in [5.41, 5.74) is 3.84. The van der Waals surface area contributed by atoms with Crippen LogP contribution in [0, 0.1) is 0 Å². The Balaban J connectivity index is 1.47. The van der Waals surface area contributed by atoms with Crippen LogP contribution in [-0.2, 0) is 59.6 Å². The summed E-state index contributed by atoms with van der Waals surface area (Å²) in [5, 5.41) is 12.3. The van der Waals surface area contributed by atoms with Crippen molar-refractivity contribution >= 4 is 5.97 Å². The zero-order chi connectivity index (χ0) is 32.0. The lowest BCUT2D eigenvalue weighted by atomic mass is 9.89. The van der Waals surface area contributed by atoms with Crippen LogP contribution in [0.1, 0.15) is 35.1 Å². The highest BCUT2D eigenvalue weighted by molar-refractivity contribution is 5.69. The van der Waals surface area contributed by atoms with E-state index in [4.69, 9.17) is 28.4 Å². The molecule has 5 rings (SSSR count). The van der Waals surface area contributed by atoms with E-state index in [1.54, 1.807) is 0 Å². The van der Waals surface area contributed by atoms with Gasteiger partial charge in [0.2, 0.25) is 0 Å². The molecule has 0 saturated carbocycles. The first-order chi connectivity index (χ1) is 22.5.